The predicted octanol–water partition coefficient (Wildman–Crippen LogP) is 3.72. The monoisotopic (exact) mass is 337 g/mol. The maximum absolute atomic E-state index is 6.07. The number of alkyl halides is 1. The molecule has 0 bridgehead atoms. The number of hydrogen-bond acceptors (Lipinski definition) is 6. The molecule has 0 aliphatic rings. The third-order valence-electron chi connectivity index (χ3n) is 2.92. The zero-order chi connectivity index (χ0) is 15.9. The molecule has 2 aromatic rings. The number of nitrogen functional groups attached to an aromatic ring is 1. The van der Waals surface area contributed by atoms with Gasteiger partial charge in [-0.3, -0.25) is 0 Å². The van der Waals surface area contributed by atoms with Crippen LogP contribution in [0.5, 0.6) is 0 Å². The van der Waals surface area contributed by atoms with Crippen molar-refractivity contribution in [2.24, 2.45) is 0 Å². The first-order valence-corrected chi connectivity index (χ1v) is 8.60. The van der Waals surface area contributed by atoms with Gasteiger partial charge in [0.1, 0.15) is 0 Å². The largest absolute Gasteiger partial charge is 0.368 e. The van der Waals surface area contributed by atoms with Crippen LogP contribution < -0.4 is 10.6 Å². The molecule has 0 spiro atoms. The van der Waals surface area contributed by atoms with E-state index in [1.165, 1.54) is 4.90 Å². The van der Waals surface area contributed by atoms with Gasteiger partial charge >= 0.3 is 0 Å². The zero-order valence-corrected chi connectivity index (χ0v) is 14.3. The van der Waals surface area contributed by atoms with Gasteiger partial charge in [-0.1, -0.05) is 25.1 Å². The van der Waals surface area contributed by atoms with Crippen LogP contribution in [0, 0.1) is 0 Å². The van der Waals surface area contributed by atoms with Crippen LogP contribution in [0.3, 0.4) is 0 Å². The highest BCUT2D eigenvalue weighted by atomic mass is 35.5. The summed E-state index contributed by atoms with van der Waals surface area (Å²) in [5.41, 5.74) is 5.78. The van der Waals surface area contributed by atoms with E-state index in [-0.39, 0.29) is 11.3 Å². The van der Waals surface area contributed by atoms with Crippen LogP contribution >= 0.6 is 23.4 Å². The van der Waals surface area contributed by atoms with E-state index in [0.717, 1.165) is 18.8 Å². The van der Waals surface area contributed by atoms with Gasteiger partial charge in [-0.25, -0.2) is 0 Å². The van der Waals surface area contributed by atoms with E-state index in [9.17, 15) is 0 Å². The summed E-state index contributed by atoms with van der Waals surface area (Å²) in [5.74, 6) is 2.05. The molecular formula is C15H20ClN5S. The van der Waals surface area contributed by atoms with Crippen molar-refractivity contribution in [3.05, 3.63) is 36.2 Å². The summed E-state index contributed by atoms with van der Waals surface area (Å²) in [4.78, 5) is 16.1. The van der Waals surface area contributed by atoms with Gasteiger partial charge in [-0.2, -0.15) is 15.0 Å². The quantitative estimate of drug-likeness (QED) is 0.472. The summed E-state index contributed by atoms with van der Waals surface area (Å²) in [6.07, 6.45) is 0.993. The van der Waals surface area contributed by atoms with Crippen molar-refractivity contribution in [3.63, 3.8) is 0 Å². The van der Waals surface area contributed by atoms with E-state index in [1.54, 1.807) is 11.8 Å². The molecular weight excluding hydrogens is 318 g/mol. The van der Waals surface area contributed by atoms with E-state index in [4.69, 9.17) is 17.3 Å². The second-order valence-electron chi connectivity index (χ2n) is 4.82. The second kappa shape index (κ2) is 8.19. The van der Waals surface area contributed by atoms with Gasteiger partial charge in [0.25, 0.3) is 0 Å². The highest BCUT2D eigenvalue weighted by Crippen LogP contribution is 2.23. The number of aromatic nitrogens is 3. The molecule has 1 unspecified atom stereocenters. The Hall–Kier alpha value is -1.53. The molecule has 22 heavy (non-hydrogen) atoms. The Kier molecular flexibility index (Phi) is 6.27. The number of anilines is 2. The lowest BCUT2D eigenvalue weighted by atomic mass is 10.4. The van der Waals surface area contributed by atoms with E-state index in [2.05, 4.69) is 38.9 Å². The molecule has 118 valence electrons. The van der Waals surface area contributed by atoms with Gasteiger partial charge in [0.15, 0.2) is 5.82 Å². The molecule has 1 heterocycles. The smallest absolute Gasteiger partial charge is 0.231 e. The van der Waals surface area contributed by atoms with Gasteiger partial charge in [0, 0.05) is 11.4 Å². The molecule has 1 aromatic heterocycles. The lowest BCUT2D eigenvalue weighted by Crippen LogP contribution is -2.26. The summed E-state index contributed by atoms with van der Waals surface area (Å²) in [6.45, 7) is 4.79. The average molecular weight is 338 g/mol. The van der Waals surface area contributed by atoms with Crippen molar-refractivity contribution in [3.8, 4) is 0 Å². The van der Waals surface area contributed by atoms with Gasteiger partial charge in [0.2, 0.25) is 11.9 Å². The van der Waals surface area contributed by atoms with Crippen LogP contribution in [0.2, 0.25) is 0 Å². The number of rotatable bonds is 7. The Labute approximate surface area is 140 Å². The van der Waals surface area contributed by atoms with Crippen molar-refractivity contribution in [1.29, 1.82) is 0 Å². The lowest BCUT2D eigenvalue weighted by molar-refractivity contribution is 0.781. The fraction of sp³-hybridized carbons (Fsp3) is 0.400. The van der Waals surface area contributed by atoms with Crippen molar-refractivity contribution < 1.29 is 0 Å². The molecule has 0 fully saturated rings. The minimum atomic E-state index is -0.297. The topological polar surface area (TPSA) is 67.9 Å². The molecule has 0 radical (unpaired) electrons. The van der Waals surface area contributed by atoms with Crippen molar-refractivity contribution >= 4 is 35.3 Å². The number of nitrogens with two attached hydrogens (primary N) is 1. The molecule has 2 rings (SSSR count). The Morgan fingerprint density at radius 1 is 1.23 bits per heavy atom. The molecule has 0 aliphatic heterocycles. The number of benzene rings is 1. The minimum absolute atomic E-state index is 0.207. The maximum Gasteiger partial charge on any atom is 0.231 e. The van der Waals surface area contributed by atoms with Crippen LogP contribution in [0.15, 0.2) is 35.2 Å². The minimum Gasteiger partial charge on any atom is -0.368 e. The number of nitrogens with zero attached hydrogens (tertiary/aromatic N) is 4. The van der Waals surface area contributed by atoms with Crippen LogP contribution in [-0.2, 0) is 0 Å². The molecule has 7 heteroatoms. The standard InChI is InChI=1S/C15H20ClN5S/c1-3-9-21(10-22-12-7-5-4-6-8-12)15-19-13(11(2)16)18-14(17)20-15/h4-8,11H,3,9-10H2,1-2H3,(H2,17,18,19,20). The molecule has 1 aromatic carbocycles. The maximum atomic E-state index is 6.07. The molecule has 0 saturated heterocycles. The Bertz CT molecular complexity index is 594. The summed E-state index contributed by atoms with van der Waals surface area (Å²) in [5, 5.41) is -0.297. The molecule has 1 atom stereocenters. The first kappa shape index (κ1) is 16.8. The number of hydrogen-bond donors (Lipinski definition) is 1. The number of thioether (sulfide) groups is 1. The predicted molar refractivity (Wildman–Crippen MR) is 93.3 cm³/mol. The fourth-order valence-electron chi connectivity index (χ4n) is 1.88. The van der Waals surface area contributed by atoms with Gasteiger partial charge in [0.05, 0.1) is 11.3 Å². The Morgan fingerprint density at radius 2 is 1.95 bits per heavy atom. The van der Waals surface area contributed by atoms with E-state index < -0.39 is 0 Å². The summed E-state index contributed by atoms with van der Waals surface area (Å²) in [7, 11) is 0. The summed E-state index contributed by atoms with van der Waals surface area (Å²) in [6, 6.07) is 10.2. The van der Waals surface area contributed by atoms with Crippen molar-refractivity contribution in [2.45, 2.75) is 30.5 Å². The van der Waals surface area contributed by atoms with Crippen LogP contribution in [0.1, 0.15) is 31.5 Å². The van der Waals surface area contributed by atoms with Gasteiger partial charge < -0.3 is 10.6 Å². The molecule has 0 aliphatic carbocycles. The fourth-order valence-corrected chi connectivity index (χ4v) is 2.87. The van der Waals surface area contributed by atoms with Crippen LogP contribution in [0.25, 0.3) is 0 Å². The molecule has 0 saturated carbocycles. The van der Waals surface area contributed by atoms with E-state index in [1.807, 2.05) is 25.1 Å². The van der Waals surface area contributed by atoms with Crippen LogP contribution in [0.4, 0.5) is 11.9 Å². The third-order valence-corrected chi connectivity index (χ3v) is 4.16. The average Bonchev–Trinajstić information content (AvgIpc) is 2.51. The third kappa shape index (κ3) is 4.74. The SMILES string of the molecule is CCCN(CSc1ccccc1)c1nc(N)nc(C(C)Cl)n1. The van der Waals surface area contributed by atoms with E-state index in [0.29, 0.717) is 11.8 Å². The number of halogens is 1. The summed E-state index contributed by atoms with van der Waals surface area (Å²) < 4.78 is 0. The lowest BCUT2D eigenvalue weighted by Gasteiger charge is -2.22. The molecule has 0 amide bonds. The van der Waals surface area contributed by atoms with Crippen molar-refractivity contribution in [2.75, 3.05) is 23.1 Å². The second-order valence-corrected chi connectivity index (χ2v) is 6.49. The van der Waals surface area contributed by atoms with Crippen LogP contribution in [-0.4, -0.2) is 27.4 Å². The molecule has 2 N–H and O–H groups in total. The first-order valence-electron chi connectivity index (χ1n) is 7.18. The normalized spacial score (nSPS) is 12.1. The summed E-state index contributed by atoms with van der Waals surface area (Å²) >= 11 is 7.80. The zero-order valence-electron chi connectivity index (χ0n) is 12.7. The highest BCUT2D eigenvalue weighted by Gasteiger charge is 2.14. The van der Waals surface area contributed by atoms with E-state index >= 15 is 0 Å². The van der Waals surface area contributed by atoms with Gasteiger partial charge in [-0.15, -0.1) is 23.4 Å². The first-order chi connectivity index (χ1) is 10.6. The Morgan fingerprint density at radius 3 is 2.59 bits per heavy atom. The highest BCUT2D eigenvalue weighted by molar-refractivity contribution is 7.99. The Balaban J connectivity index is 2.16. The molecule has 5 nitrogen and oxygen atoms in total. The van der Waals surface area contributed by atoms with Crippen molar-refractivity contribution in [1.82, 2.24) is 15.0 Å². The van der Waals surface area contributed by atoms with Gasteiger partial charge in [-0.05, 0) is 25.5 Å².